The van der Waals surface area contributed by atoms with Gasteiger partial charge in [-0.15, -0.1) is 11.3 Å². The molecule has 18 heavy (non-hydrogen) atoms. The van der Waals surface area contributed by atoms with Gasteiger partial charge >= 0.3 is 0 Å². The molecule has 5 heteroatoms. The van der Waals surface area contributed by atoms with Crippen molar-refractivity contribution in [3.05, 3.63) is 33.7 Å². The van der Waals surface area contributed by atoms with Gasteiger partial charge in [0.05, 0.1) is 6.54 Å². The molecule has 2 aromatic heterocycles. The number of hydrogen-bond donors (Lipinski definition) is 1. The molecule has 1 N–H and O–H groups in total. The highest BCUT2D eigenvalue weighted by Gasteiger charge is 2.06. The number of rotatable bonds is 4. The summed E-state index contributed by atoms with van der Waals surface area (Å²) in [6, 6.07) is 1.96. The van der Waals surface area contributed by atoms with Gasteiger partial charge in [0.25, 0.3) is 0 Å². The molecule has 2 rings (SSSR count). The number of thiazole rings is 1. The van der Waals surface area contributed by atoms with Crippen molar-refractivity contribution in [1.82, 2.24) is 15.0 Å². The number of anilines is 1. The van der Waals surface area contributed by atoms with E-state index in [1.165, 1.54) is 0 Å². The van der Waals surface area contributed by atoms with Crippen LogP contribution in [0, 0.1) is 13.8 Å². The first-order valence-corrected chi connectivity index (χ1v) is 6.93. The maximum Gasteiger partial charge on any atom is 0.133 e. The summed E-state index contributed by atoms with van der Waals surface area (Å²) in [6.07, 6.45) is 0. The molecule has 96 valence electrons. The second-order valence-corrected chi connectivity index (χ2v) is 5.59. The minimum absolute atomic E-state index is 0.340. The molecule has 0 aliphatic carbocycles. The molecule has 4 nitrogen and oxygen atoms in total. The van der Waals surface area contributed by atoms with Gasteiger partial charge in [0.1, 0.15) is 16.6 Å². The zero-order chi connectivity index (χ0) is 13.1. The van der Waals surface area contributed by atoms with Crippen LogP contribution in [-0.2, 0) is 6.54 Å². The lowest BCUT2D eigenvalue weighted by Gasteiger charge is -2.09. The molecule has 0 aliphatic rings. The summed E-state index contributed by atoms with van der Waals surface area (Å²) in [5.41, 5.74) is 2.06. The smallest absolute Gasteiger partial charge is 0.133 e. The van der Waals surface area contributed by atoms with Crippen LogP contribution in [0.1, 0.15) is 42.0 Å². The van der Waals surface area contributed by atoms with Gasteiger partial charge in [-0.05, 0) is 13.8 Å². The Morgan fingerprint density at radius 3 is 2.56 bits per heavy atom. The third-order valence-electron chi connectivity index (χ3n) is 2.48. The van der Waals surface area contributed by atoms with Crippen molar-refractivity contribution < 1.29 is 0 Å². The minimum atomic E-state index is 0.340. The predicted octanol–water partition coefficient (Wildman–Crippen LogP) is 3.29. The van der Waals surface area contributed by atoms with E-state index in [9.17, 15) is 0 Å². The van der Waals surface area contributed by atoms with Gasteiger partial charge in [-0.2, -0.15) is 0 Å². The van der Waals surface area contributed by atoms with Crippen LogP contribution < -0.4 is 5.32 Å². The number of nitrogens with zero attached hydrogens (tertiary/aromatic N) is 3. The standard InChI is InChI=1S/C13H18N4S/c1-8(2)13-16-9(3)5-11(17-13)14-6-12-15-10(4)7-18-12/h5,7-8H,6H2,1-4H3,(H,14,16,17). The first kappa shape index (κ1) is 13.0. The lowest BCUT2D eigenvalue weighted by molar-refractivity contribution is 0.766. The van der Waals surface area contributed by atoms with Crippen LogP contribution in [0.15, 0.2) is 11.4 Å². The fourth-order valence-corrected chi connectivity index (χ4v) is 2.30. The number of hydrogen-bond acceptors (Lipinski definition) is 5. The zero-order valence-corrected chi connectivity index (χ0v) is 12.0. The van der Waals surface area contributed by atoms with E-state index in [2.05, 4.69) is 39.5 Å². The molecule has 0 fully saturated rings. The largest absolute Gasteiger partial charge is 0.363 e. The Morgan fingerprint density at radius 2 is 1.94 bits per heavy atom. The molecule has 2 aromatic rings. The van der Waals surface area contributed by atoms with Gasteiger partial charge in [-0.1, -0.05) is 13.8 Å². The summed E-state index contributed by atoms with van der Waals surface area (Å²) in [5, 5.41) is 6.44. The van der Waals surface area contributed by atoms with Gasteiger partial charge in [0, 0.05) is 28.8 Å². The Bertz CT molecular complexity index is 534. The third-order valence-corrected chi connectivity index (χ3v) is 3.44. The lowest BCUT2D eigenvalue weighted by atomic mass is 10.2. The summed E-state index contributed by atoms with van der Waals surface area (Å²) in [4.78, 5) is 13.4. The Hall–Kier alpha value is -1.49. The summed E-state index contributed by atoms with van der Waals surface area (Å²) in [6.45, 7) is 8.91. The monoisotopic (exact) mass is 262 g/mol. The molecular formula is C13H18N4S. The van der Waals surface area contributed by atoms with Crippen molar-refractivity contribution in [3.8, 4) is 0 Å². The van der Waals surface area contributed by atoms with E-state index in [1.54, 1.807) is 11.3 Å². The Labute approximate surface area is 112 Å². The Kier molecular flexibility index (Phi) is 3.91. The van der Waals surface area contributed by atoms with E-state index in [1.807, 2.05) is 19.9 Å². The first-order valence-electron chi connectivity index (χ1n) is 6.05. The molecule has 0 saturated carbocycles. The predicted molar refractivity (Wildman–Crippen MR) is 75.0 cm³/mol. The van der Waals surface area contributed by atoms with E-state index < -0.39 is 0 Å². The van der Waals surface area contributed by atoms with Crippen LogP contribution in [0.4, 0.5) is 5.82 Å². The zero-order valence-electron chi connectivity index (χ0n) is 11.2. The second kappa shape index (κ2) is 5.44. The first-order chi connectivity index (χ1) is 8.54. The van der Waals surface area contributed by atoms with E-state index in [-0.39, 0.29) is 0 Å². The van der Waals surface area contributed by atoms with E-state index >= 15 is 0 Å². The topological polar surface area (TPSA) is 50.7 Å². The molecule has 0 saturated heterocycles. The molecule has 0 aliphatic heterocycles. The SMILES string of the molecule is Cc1cc(NCc2nc(C)cs2)nc(C(C)C)n1. The maximum absolute atomic E-state index is 4.51. The number of aromatic nitrogens is 3. The molecule has 0 bridgehead atoms. The fourth-order valence-electron chi connectivity index (χ4n) is 1.59. The van der Waals surface area contributed by atoms with Gasteiger partial charge in [-0.3, -0.25) is 0 Å². The van der Waals surface area contributed by atoms with Gasteiger partial charge in [-0.25, -0.2) is 15.0 Å². The van der Waals surface area contributed by atoms with Crippen LogP contribution in [0.5, 0.6) is 0 Å². The van der Waals surface area contributed by atoms with Gasteiger partial charge in [0.15, 0.2) is 0 Å². The molecule has 2 heterocycles. The van der Waals surface area contributed by atoms with Crippen molar-refractivity contribution in [2.24, 2.45) is 0 Å². The van der Waals surface area contributed by atoms with Crippen molar-refractivity contribution in [2.75, 3.05) is 5.32 Å². The lowest BCUT2D eigenvalue weighted by Crippen LogP contribution is -2.06. The Balaban J connectivity index is 2.09. The summed E-state index contributed by atoms with van der Waals surface area (Å²) in [5.74, 6) is 2.10. The highest BCUT2D eigenvalue weighted by atomic mass is 32.1. The molecule has 0 radical (unpaired) electrons. The normalized spacial score (nSPS) is 10.9. The van der Waals surface area contributed by atoms with E-state index in [0.29, 0.717) is 12.5 Å². The van der Waals surface area contributed by atoms with Crippen LogP contribution in [0.25, 0.3) is 0 Å². The molecule has 0 amide bonds. The van der Waals surface area contributed by atoms with Gasteiger partial charge < -0.3 is 5.32 Å². The van der Waals surface area contributed by atoms with E-state index in [0.717, 1.165) is 28.0 Å². The highest BCUT2D eigenvalue weighted by molar-refractivity contribution is 7.09. The quantitative estimate of drug-likeness (QED) is 0.918. The summed E-state index contributed by atoms with van der Waals surface area (Å²) in [7, 11) is 0. The van der Waals surface area contributed by atoms with Crippen molar-refractivity contribution in [1.29, 1.82) is 0 Å². The van der Waals surface area contributed by atoms with Crippen molar-refractivity contribution >= 4 is 17.2 Å². The minimum Gasteiger partial charge on any atom is -0.363 e. The average Bonchev–Trinajstić information content (AvgIpc) is 2.72. The molecule has 0 atom stereocenters. The van der Waals surface area contributed by atoms with Crippen LogP contribution in [0.3, 0.4) is 0 Å². The Morgan fingerprint density at radius 1 is 1.17 bits per heavy atom. The number of nitrogens with one attached hydrogen (secondary N) is 1. The summed E-state index contributed by atoms with van der Waals surface area (Å²) < 4.78 is 0. The third kappa shape index (κ3) is 3.26. The van der Waals surface area contributed by atoms with Crippen molar-refractivity contribution in [3.63, 3.8) is 0 Å². The van der Waals surface area contributed by atoms with Crippen LogP contribution in [0.2, 0.25) is 0 Å². The summed E-state index contributed by atoms with van der Waals surface area (Å²) >= 11 is 1.67. The molecule has 0 aromatic carbocycles. The van der Waals surface area contributed by atoms with E-state index in [4.69, 9.17) is 0 Å². The van der Waals surface area contributed by atoms with Crippen LogP contribution in [-0.4, -0.2) is 15.0 Å². The maximum atomic E-state index is 4.51. The van der Waals surface area contributed by atoms with Crippen molar-refractivity contribution in [2.45, 2.75) is 40.2 Å². The van der Waals surface area contributed by atoms with Gasteiger partial charge in [0.2, 0.25) is 0 Å². The average molecular weight is 262 g/mol. The molecule has 0 unspecified atom stereocenters. The second-order valence-electron chi connectivity index (χ2n) is 4.64. The van der Waals surface area contributed by atoms with Crippen LogP contribution >= 0.6 is 11.3 Å². The highest BCUT2D eigenvalue weighted by Crippen LogP contribution is 2.15. The molecule has 0 spiro atoms. The fraction of sp³-hybridized carbons (Fsp3) is 0.462. The molecular weight excluding hydrogens is 244 g/mol. The number of aryl methyl sites for hydroxylation is 2.